The van der Waals surface area contributed by atoms with Gasteiger partial charge in [0.15, 0.2) is 0 Å². The summed E-state index contributed by atoms with van der Waals surface area (Å²) in [6.45, 7) is 0. The summed E-state index contributed by atoms with van der Waals surface area (Å²) in [6, 6.07) is 1.40. The normalized spacial score (nSPS) is 22.4. The summed E-state index contributed by atoms with van der Waals surface area (Å²) < 4.78 is 31.6. The van der Waals surface area contributed by atoms with E-state index in [1.165, 1.54) is 0 Å². The van der Waals surface area contributed by atoms with Crippen LogP contribution in [0.15, 0.2) is 12.1 Å². The Morgan fingerprint density at radius 3 is 2.61 bits per heavy atom. The van der Waals surface area contributed by atoms with Crippen molar-refractivity contribution in [3.05, 3.63) is 33.9 Å². The largest absolute Gasteiger partial charge is 0.381 e. The monoisotopic (exact) mass is 258 g/mol. The van der Waals surface area contributed by atoms with E-state index in [1.54, 1.807) is 7.11 Å². The third kappa shape index (κ3) is 2.40. The lowest BCUT2D eigenvalue weighted by molar-refractivity contribution is -0.387. The Balaban J connectivity index is 2.13. The molecule has 0 radical (unpaired) electrons. The van der Waals surface area contributed by atoms with Crippen molar-refractivity contribution in [3.8, 4) is 0 Å². The maximum Gasteiger partial charge on any atom is 0.307 e. The van der Waals surface area contributed by atoms with Crippen molar-refractivity contribution in [2.45, 2.75) is 25.0 Å². The van der Waals surface area contributed by atoms with Crippen LogP contribution < -0.4 is 5.32 Å². The smallest absolute Gasteiger partial charge is 0.307 e. The Labute approximate surface area is 102 Å². The SMILES string of the molecule is COC1CC(Nc2cc([N+](=O)[O-])c(F)cc2F)C1. The number of nitrogens with one attached hydrogen (secondary N) is 1. The van der Waals surface area contributed by atoms with E-state index >= 15 is 0 Å². The van der Waals surface area contributed by atoms with E-state index < -0.39 is 22.2 Å². The van der Waals surface area contributed by atoms with E-state index in [0.29, 0.717) is 18.9 Å². The first-order chi connectivity index (χ1) is 8.51. The Hall–Kier alpha value is -1.76. The van der Waals surface area contributed by atoms with E-state index in [0.717, 1.165) is 6.07 Å². The number of nitro groups is 1. The number of methoxy groups -OCH3 is 1. The second-order valence-corrected chi connectivity index (χ2v) is 4.21. The number of nitrogens with zero attached hydrogens (tertiary/aromatic N) is 1. The predicted molar refractivity (Wildman–Crippen MR) is 60.5 cm³/mol. The molecule has 0 spiro atoms. The Bertz CT molecular complexity index is 476. The summed E-state index contributed by atoms with van der Waals surface area (Å²) in [6.07, 6.45) is 1.52. The molecule has 1 aromatic carbocycles. The van der Waals surface area contributed by atoms with Crippen LogP contribution in [0.5, 0.6) is 0 Å². The molecule has 1 saturated carbocycles. The van der Waals surface area contributed by atoms with Crippen LogP contribution >= 0.6 is 0 Å². The van der Waals surface area contributed by atoms with E-state index in [2.05, 4.69) is 5.32 Å². The molecule has 1 aromatic rings. The molecule has 2 rings (SSSR count). The van der Waals surface area contributed by atoms with Gasteiger partial charge in [0.1, 0.15) is 5.82 Å². The van der Waals surface area contributed by atoms with Crippen molar-refractivity contribution in [3.63, 3.8) is 0 Å². The van der Waals surface area contributed by atoms with Crippen LogP contribution in [-0.4, -0.2) is 24.2 Å². The average molecular weight is 258 g/mol. The summed E-state index contributed by atoms with van der Waals surface area (Å²) in [5, 5.41) is 13.4. The van der Waals surface area contributed by atoms with Crippen LogP contribution in [0.25, 0.3) is 0 Å². The van der Waals surface area contributed by atoms with Crippen molar-refractivity contribution >= 4 is 11.4 Å². The molecule has 5 nitrogen and oxygen atoms in total. The van der Waals surface area contributed by atoms with Crippen LogP contribution in [-0.2, 0) is 4.74 Å². The number of rotatable bonds is 4. The Morgan fingerprint density at radius 2 is 2.06 bits per heavy atom. The molecule has 98 valence electrons. The highest BCUT2D eigenvalue weighted by Gasteiger charge is 2.30. The van der Waals surface area contributed by atoms with Gasteiger partial charge in [-0.1, -0.05) is 0 Å². The Morgan fingerprint density at radius 1 is 1.39 bits per heavy atom. The zero-order valence-corrected chi connectivity index (χ0v) is 9.65. The maximum absolute atomic E-state index is 13.4. The van der Waals surface area contributed by atoms with E-state index in [9.17, 15) is 18.9 Å². The molecule has 0 heterocycles. The number of anilines is 1. The molecule has 7 heteroatoms. The summed E-state index contributed by atoms with van der Waals surface area (Å²) in [7, 11) is 1.59. The van der Waals surface area contributed by atoms with Crippen molar-refractivity contribution in [2.75, 3.05) is 12.4 Å². The van der Waals surface area contributed by atoms with Gasteiger partial charge in [0.05, 0.1) is 16.7 Å². The van der Waals surface area contributed by atoms with E-state index in [1.807, 2.05) is 0 Å². The molecule has 0 aromatic heterocycles. The number of hydrogen-bond donors (Lipinski definition) is 1. The molecule has 1 aliphatic carbocycles. The minimum atomic E-state index is -1.17. The number of hydrogen-bond acceptors (Lipinski definition) is 4. The van der Waals surface area contributed by atoms with Gasteiger partial charge in [-0.2, -0.15) is 4.39 Å². The average Bonchev–Trinajstić information content (AvgIpc) is 2.24. The highest BCUT2D eigenvalue weighted by molar-refractivity contribution is 5.53. The summed E-state index contributed by atoms with van der Waals surface area (Å²) >= 11 is 0. The first kappa shape index (κ1) is 12.7. The molecule has 0 saturated heterocycles. The van der Waals surface area contributed by atoms with E-state index in [-0.39, 0.29) is 17.8 Å². The molecule has 1 fully saturated rings. The number of ether oxygens (including phenoxy) is 1. The fraction of sp³-hybridized carbons (Fsp3) is 0.455. The first-order valence-electron chi connectivity index (χ1n) is 5.44. The van der Waals surface area contributed by atoms with Crippen molar-refractivity contribution in [1.29, 1.82) is 0 Å². The van der Waals surface area contributed by atoms with Gasteiger partial charge < -0.3 is 10.1 Å². The topological polar surface area (TPSA) is 64.4 Å². The van der Waals surface area contributed by atoms with Crippen LogP contribution in [0.4, 0.5) is 20.2 Å². The van der Waals surface area contributed by atoms with Gasteiger partial charge in [0.2, 0.25) is 5.82 Å². The van der Waals surface area contributed by atoms with Crippen LogP contribution in [0, 0.1) is 21.7 Å². The van der Waals surface area contributed by atoms with Crippen LogP contribution in [0.2, 0.25) is 0 Å². The second-order valence-electron chi connectivity index (χ2n) is 4.21. The quantitative estimate of drug-likeness (QED) is 0.665. The third-order valence-corrected chi connectivity index (χ3v) is 3.02. The fourth-order valence-corrected chi connectivity index (χ4v) is 1.88. The van der Waals surface area contributed by atoms with Gasteiger partial charge in [-0.25, -0.2) is 4.39 Å². The third-order valence-electron chi connectivity index (χ3n) is 3.02. The molecular weight excluding hydrogens is 246 g/mol. The lowest BCUT2D eigenvalue weighted by atomic mass is 9.89. The van der Waals surface area contributed by atoms with Crippen molar-refractivity contribution in [2.24, 2.45) is 0 Å². The summed E-state index contributed by atoms with van der Waals surface area (Å²) in [5.74, 6) is -2.01. The van der Waals surface area contributed by atoms with Gasteiger partial charge in [0.25, 0.3) is 0 Å². The molecule has 1 N–H and O–H groups in total. The molecule has 1 aliphatic rings. The lowest BCUT2D eigenvalue weighted by Gasteiger charge is -2.35. The number of halogens is 2. The first-order valence-corrected chi connectivity index (χ1v) is 5.44. The van der Waals surface area contributed by atoms with Crippen molar-refractivity contribution in [1.82, 2.24) is 0 Å². The van der Waals surface area contributed by atoms with Crippen LogP contribution in [0.1, 0.15) is 12.8 Å². The zero-order valence-electron chi connectivity index (χ0n) is 9.65. The zero-order chi connectivity index (χ0) is 13.3. The van der Waals surface area contributed by atoms with Crippen LogP contribution in [0.3, 0.4) is 0 Å². The number of nitro benzene ring substituents is 1. The van der Waals surface area contributed by atoms with Gasteiger partial charge in [0, 0.05) is 25.3 Å². The predicted octanol–water partition coefficient (Wildman–Crippen LogP) is 2.46. The maximum atomic E-state index is 13.4. The molecule has 18 heavy (non-hydrogen) atoms. The summed E-state index contributed by atoms with van der Waals surface area (Å²) in [5.41, 5.74) is -0.788. The fourth-order valence-electron chi connectivity index (χ4n) is 1.88. The van der Waals surface area contributed by atoms with Gasteiger partial charge in [-0.15, -0.1) is 0 Å². The van der Waals surface area contributed by atoms with Gasteiger partial charge in [-0.3, -0.25) is 10.1 Å². The number of benzene rings is 1. The molecule has 0 atom stereocenters. The van der Waals surface area contributed by atoms with Gasteiger partial charge in [-0.05, 0) is 12.8 Å². The molecule has 0 amide bonds. The Kier molecular flexibility index (Phi) is 3.42. The molecule has 0 bridgehead atoms. The summed E-state index contributed by atoms with van der Waals surface area (Å²) in [4.78, 5) is 9.67. The van der Waals surface area contributed by atoms with E-state index in [4.69, 9.17) is 4.74 Å². The minimum absolute atomic E-state index is 0.00508. The van der Waals surface area contributed by atoms with Gasteiger partial charge >= 0.3 is 5.69 Å². The second kappa shape index (κ2) is 4.85. The highest BCUT2D eigenvalue weighted by atomic mass is 19.1. The molecule has 0 unspecified atom stereocenters. The molecular formula is C11H12F2N2O3. The standard InChI is InChI=1S/C11H12F2N2O3/c1-18-7-2-6(3-7)14-10-5-11(15(16)17)9(13)4-8(10)12/h4-7,14H,2-3H2,1H3. The van der Waals surface area contributed by atoms with Crippen molar-refractivity contribution < 1.29 is 18.4 Å². The minimum Gasteiger partial charge on any atom is -0.381 e. The lowest BCUT2D eigenvalue weighted by Crippen LogP contribution is -2.40. The molecule has 0 aliphatic heterocycles. The highest BCUT2D eigenvalue weighted by Crippen LogP contribution is 2.30.